The van der Waals surface area contributed by atoms with E-state index in [2.05, 4.69) is 15.5 Å². The maximum Gasteiger partial charge on any atom is 0.333 e. The molecule has 0 spiro atoms. The molecule has 0 aliphatic rings. The van der Waals surface area contributed by atoms with Crippen LogP contribution in [0.3, 0.4) is 0 Å². The second-order valence-electron chi connectivity index (χ2n) is 6.62. The van der Waals surface area contributed by atoms with Crippen molar-refractivity contribution >= 4 is 27.6 Å². The van der Waals surface area contributed by atoms with Crippen molar-refractivity contribution in [2.45, 2.75) is 26.0 Å². The Morgan fingerprint density at radius 3 is 2.55 bits per heavy atom. The summed E-state index contributed by atoms with van der Waals surface area (Å²) in [6.07, 6.45) is -1.04. The van der Waals surface area contributed by atoms with E-state index < -0.39 is 22.4 Å². The highest BCUT2D eigenvalue weighted by molar-refractivity contribution is 7.84. The van der Waals surface area contributed by atoms with E-state index in [9.17, 15) is 13.5 Å². The standard InChI is InChI=1S/C19H18ClN5O5S/c1-10-15(8-5-13(9-21)16(10)20)23-17(11(2)30-31(22,27)28)19-25-24-18(29-19)12-3-6-14(26)7-4-12/h3-8,11,17,23,26H,1-2H3,(H2,22,27,28). The number of phenolic OH excluding ortho intramolecular Hbond substituents is 1. The first-order valence-corrected chi connectivity index (χ1v) is 10.7. The van der Waals surface area contributed by atoms with Crippen LogP contribution in [-0.2, 0) is 14.5 Å². The van der Waals surface area contributed by atoms with Gasteiger partial charge >= 0.3 is 10.3 Å². The monoisotopic (exact) mass is 463 g/mol. The number of benzene rings is 2. The van der Waals surface area contributed by atoms with Crippen molar-refractivity contribution in [2.75, 3.05) is 5.32 Å². The maximum absolute atomic E-state index is 11.5. The molecule has 0 radical (unpaired) electrons. The number of aromatic hydroxyl groups is 1. The lowest BCUT2D eigenvalue weighted by molar-refractivity contribution is 0.192. The number of anilines is 1. The molecule has 162 valence electrons. The van der Waals surface area contributed by atoms with E-state index in [1.54, 1.807) is 25.1 Å². The lowest BCUT2D eigenvalue weighted by Gasteiger charge is -2.23. The predicted octanol–water partition coefficient (Wildman–Crippen LogP) is 3.04. The molecular weight excluding hydrogens is 446 g/mol. The van der Waals surface area contributed by atoms with E-state index in [4.69, 9.17) is 30.6 Å². The van der Waals surface area contributed by atoms with E-state index in [0.717, 1.165) is 0 Å². The van der Waals surface area contributed by atoms with Gasteiger partial charge in [-0.25, -0.2) is 5.14 Å². The Bertz CT molecular complexity index is 1240. The Morgan fingerprint density at radius 1 is 1.26 bits per heavy atom. The fourth-order valence-electron chi connectivity index (χ4n) is 2.82. The Morgan fingerprint density at radius 2 is 1.94 bits per heavy atom. The summed E-state index contributed by atoms with van der Waals surface area (Å²) in [5.74, 6) is 0.254. The molecule has 12 heteroatoms. The van der Waals surface area contributed by atoms with Crippen LogP contribution in [0.4, 0.5) is 5.69 Å². The summed E-state index contributed by atoms with van der Waals surface area (Å²) in [5, 5.41) is 34.9. The summed E-state index contributed by atoms with van der Waals surface area (Å²) in [5.41, 5.74) is 1.91. The van der Waals surface area contributed by atoms with Gasteiger partial charge in [-0.3, -0.25) is 4.18 Å². The SMILES string of the molecule is Cc1c(NC(c2nnc(-c3ccc(O)cc3)o2)C(C)OS(N)(=O)=O)ccc(C#N)c1Cl. The normalized spacial score (nSPS) is 13.4. The van der Waals surface area contributed by atoms with Crippen molar-refractivity contribution < 1.29 is 22.1 Å². The van der Waals surface area contributed by atoms with Gasteiger partial charge in [0.05, 0.1) is 10.6 Å². The first kappa shape index (κ1) is 22.5. The Hall–Kier alpha value is -3.17. The van der Waals surface area contributed by atoms with E-state index in [0.29, 0.717) is 22.4 Å². The molecule has 0 saturated heterocycles. The van der Waals surface area contributed by atoms with E-state index in [1.165, 1.54) is 25.1 Å². The molecule has 1 heterocycles. The minimum absolute atomic E-state index is 0.0270. The van der Waals surface area contributed by atoms with Gasteiger partial charge in [-0.15, -0.1) is 10.2 Å². The van der Waals surface area contributed by atoms with Crippen molar-refractivity contribution in [3.63, 3.8) is 0 Å². The van der Waals surface area contributed by atoms with Crippen LogP contribution in [0.5, 0.6) is 5.75 Å². The molecular formula is C19H18ClN5O5S. The van der Waals surface area contributed by atoms with Crippen molar-refractivity contribution in [1.29, 1.82) is 5.26 Å². The van der Waals surface area contributed by atoms with Gasteiger partial charge < -0.3 is 14.8 Å². The largest absolute Gasteiger partial charge is 0.508 e. The van der Waals surface area contributed by atoms with E-state index in [1.807, 2.05) is 6.07 Å². The van der Waals surface area contributed by atoms with Crippen LogP contribution in [0.2, 0.25) is 5.02 Å². The van der Waals surface area contributed by atoms with Gasteiger partial charge in [-0.1, -0.05) is 11.6 Å². The summed E-state index contributed by atoms with van der Waals surface area (Å²) < 4.78 is 33.6. The fraction of sp³-hybridized carbons (Fsp3) is 0.211. The lowest BCUT2D eigenvalue weighted by Crippen LogP contribution is -2.31. The number of hydrogen-bond acceptors (Lipinski definition) is 9. The number of nitrogens with two attached hydrogens (primary N) is 1. The number of hydrogen-bond donors (Lipinski definition) is 3. The molecule has 0 bridgehead atoms. The third-order valence-corrected chi connectivity index (χ3v) is 5.45. The van der Waals surface area contributed by atoms with Crippen molar-refractivity contribution in [3.05, 3.63) is 58.4 Å². The van der Waals surface area contributed by atoms with Crippen LogP contribution in [0.1, 0.15) is 30.0 Å². The summed E-state index contributed by atoms with van der Waals surface area (Å²) in [7, 11) is -4.27. The zero-order chi connectivity index (χ0) is 22.8. The number of phenols is 1. The zero-order valence-corrected chi connectivity index (χ0v) is 18.0. The molecule has 0 saturated carbocycles. The van der Waals surface area contributed by atoms with Gasteiger partial charge in [0.2, 0.25) is 11.8 Å². The van der Waals surface area contributed by atoms with E-state index in [-0.39, 0.29) is 22.6 Å². The summed E-state index contributed by atoms with van der Waals surface area (Å²) in [4.78, 5) is 0. The lowest BCUT2D eigenvalue weighted by atomic mass is 10.1. The third kappa shape index (κ3) is 5.31. The van der Waals surface area contributed by atoms with Crippen LogP contribution < -0.4 is 10.5 Å². The van der Waals surface area contributed by atoms with Crippen molar-refractivity contribution in [3.8, 4) is 23.3 Å². The quantitative estimate of drug-likeness (QED) is 0.477. The van der Waals surface area contributed by atoms with E-state index >= 15 is 0 Å². The highest BCUT2D eigenvalue weighted by atomic mass is 35.5. The molecule has 0 fully saturated rings. The molecule has 2 atom stereocenters. The highest BCUT2D eigenvalue weighted by Crippen LogP contribution is 2.32. The molecule has 2 unspecified atom stereocenters. The number of rotatable bonds is 7. The van der Waals surface area contributed by atoms with Crippen molar-refractivity contribution in [1.82, 2.24) is 10.2 Å². The number of nitrogens with zero attached hydrogens (tertiary/aromatic N) is 3. The van der Waals surface area contributed by atoms with Gasteiger partial charge in [-0.05, 0) is 55.8 Å². The van der Waals surface area contributed by atoms with Crippen molar-refractivity contribution in [2.24, 2.45) is 5.14 Å². The molecule has 0 aliphatic heterocycles. The number of nitrogens with one attached hydrogen (secondary N) is 1. The first-order chi connectivity index (χ1) is 14.6. The van der Waals surface area contributed by atoms with Crippen LogP contribution >= 0.6 is 11.6 Å². The van der Waals surface area contributed by atoms with Crippen LogP contribution in [0.15, 0.2) is 40.8 Å². The molecule has 3 rings (SSSR count). The predicted molar refractivity (Wildman–Crippen MR) is 112 cm³/mol. The first-order valence-electron chi connectivity index (χ1n) is 8.88. The second-order valence-corrected chi connectivity index (χ2v) is 8.18. The zero-order valence-electron chi connectivity index (χ0n) is 16.4. The average Bonchev–Trinajstić information content (AvgIpc) is 3.18. The Balaban J connectivity index is 1.99. The summed E-state index contributed by atoms with van der Waals surface area (Å²) in [6, 6.07) is 10.3. The minimum Gasteiger partial charge on any atom is -0.508 e. The molecule has 1 aromatic heterocycles. The molecule has 0 amide bonds. The van der Waals surface area contributed by atoms with Gasteiger partial charge in [-0.2, -0.15) is 13.7 Å². The third-order valence-electron chi connectivity index (χ3n) is 4.39. The molecule has 2 aromatic carbocycles. The number of halogens is 1. The fourth-order valence-corrected chi connectivity index (χ4v) is 3.56. The molecule has 3 aromatic rings. The van der Waals surface area contributed by atoms with Crippen LogP contribution in [-0.4, -0.2) is 29.8 Å². The topological polar surface area (TPSA) is 164 Å². The van der Waals surface area contributed by atoms with Gasteiger partial charge in [0.25, 0.3) is 0 Å². The number of nitriles is 1. The number of aromatic nitrogens is 2. The molecule has 4 N–H and O–H groups in total. The van der Waals surface area contributed by atoms with Gasteiger partial charge in [0.15, 0.2) is 0 Å². The second kappa shape index (κ2) is 8.91. The molecule has 0 aliphatic carbocycles. The maximum atomic E-state index is 11.5. The van der Waals surface area contributed by atoms with Gasteiger partial charge in [0.1, 0.15) is 24.0 Å². The minimum atomic E-state index is -4.27. The summed E-state index contributed by atoms with van der Waals surface area (Å²) in [6.45, 7) is 3.16. The molecule has 31 heavy (non-hydrogen) atoms. The smallest absolute Gasteiger partial charge is 0.333 e. The van der Waals surface area contributed by atoms with Crippen LogP contribution in [0, 0.1) is 18.3 Å². The Kier molecular flexibility index (Phi) is 6.47. The Labute approximate surface area is 183 Å². The van der Waals surface area contributed by atoms with Gasteiger partial charge in [0, 0.05) is 11.3 Å². The summed E-state index contributed by atoms with van der Waals surface area (Å²) >= 11 is 6.23. The van der Waals surface area contributed by atoms with Crippen LogP contribution in [0.25, 0.3) is 11.5 Å². The highest BCUT2D eigenvalue weighted by Gasteiger charge is 2.30. The molecule has 10 nitrogen and oxygen atoms in total. The average molecular weight is 464 g/mol.